The Labute approximate surface area is 84.3 Å². The van der Waals surface area contributed by atoms with Gasteiger partial charge in [-0.2, -0.15) is 0 Å². The summed E-state index contributed by atoms with van der Waals surface area (Å²) in [6, 6.07) is 0. The van der Waals surface area contributed by atoms with E-state index in [-0.39, 0.29) is 5.79 Å². The van der Waals surface area contributed by atoms with Gasteiger partial charge in [0.2, 0.25) is 0 Å². The Bertz CT molecular complexity index is 291. The van der Waals surface area contributed by atoms with E-state index < -0.39 is 0 Å². The van der Waals surface area contributed by atoms with Gasteiger partial charge in [-0.3, -0.25) is 0 Å². The quantitative estimate of drug-likeness (QED) is 0.546. The molecule has 3 fully saturated rings. The number of rotatable bonds is 0. The van der Waals surface area contributed by atoms with Crippen molar-refractivity contribution < 1.29 is 9.47 Å². The first kappa shape index (κ1) is 7.89. The monoisotopic (exact) mass is 192 g/mol. The van der Waals surface area contributed by atoms with Crippen LogP contribution in [0.2, 0.25) is 0 Å². The Balaban J connectivity index is 1.70. The van der Waals surface area contributed by atoms with Crippen LogP contribution in [0.3, 0.4) is 0 Å². The number of hydrogen-bond donors (Lipinski definition) is 0. The average molecular weight is 192 g/mol. The van der Waals surface area contributed by atoms with Gasteiger partial charge in [0.05, 0.1) is 13.2 Å². The lowest BCUT2D eigenvalue weighted by Crippen LogP contribution is -2.42. The molecule has 1 saturated heterocycles. The van der Waals surface area contributed by atoms with Crippen molar-refractivity contribution in [1.82, 2.24) is 0 Å². The third-order valence-electron chi connectivity index (χ3n) is 4.77. The fourth-order valence-corrected chi connectivity index (χ4v) is 4.33. The van der Waals surface area contributed by atoms with E-state index in [2.05, 4.69) is 12.2 Å². The number of allylic oxidation sites excluding steroid dienone is 2. The van der Waals surface area contributed by atoms with Crippen LogP contribution in [0.4, 0.5) is 0 Å². The summed E-state index contributed by atoms with van der Waals surface area (Å²) < 4.78 is 11.8. The van der Waals surface area contributed by atoms with Gasteiger partial charge in [0.15, 0.2) is 5.79 Å². The molecule has 0 radical (unpaired) electrons. The van der Waals surface area contributed by atoms with Gasteiger partial charge in [-0.15, -0.1) is 0 Å². The molecule has 76 valence electrons. The van der Waals surface area contributed by atoms with Crippen LogP contribution in [-0.2, 0) is 9.47 Å². The highest BCUT2D eigenvalue weighted by Gasteiger charge is 2.62. The molecule has 2 heteroatoms. The van der Waals surface area contributed by atoms with E-state index in [0.29, 0.717) is 5.92 Å². The second-order valence-corrected chi connectivity index (χ2v) is 5.22. The fourth-order valence-electron chi connectivity index (χ4n) is 4.33. The molecule has 14 heavy (non-hydrogen) atoms. The molecule has 2 saturated carbocycles. The van der Waals surface area contributed by atoms with E-state index in [1.54, 1.807) is 0 Å². The predicted octanol–water partition coefficient (Wildman–Crippen LogP) is 1.96. The molecule has 0 amide bonds. The van der Waals surface area contributed by atoms with E-state index in [4.69, 9.17) is 9.47 Å². The van der Waals surface area contributed by atoms with Gasteiger partial charge in [0, 0.05) is 12.3 Å². The van der Waals surface area contributed by atoms with E-state index in [1.165, 1.54) is 12.8 Å². The Hall–Kier alpha value is -0.340. The van der Waals surface area contributed by atoms with Crippen LogP contribution in [0.25, 0.3) is 0 Å². The van der Waals surface area contributed by atoms with Crippen molar-refractivity contribution in [2.45, 2.75) is 25.0 Å². The van der Waals surface area contributed by atoms with Crippen LogP contribution >= 0.6 is 0 Å². The summed E-state index contributed by atoms with van der Waals surface area (Å²) in [5, 5.41) is 0. The molecule has 4 atom stereocenters. The zero-order valence-corrected chi connectivity index (χ0v) is 8.32. The summed E-state index contributed by atoms with van der Waals surface area (Å²) in [6.07, 6.45) is 8.57. The number of ether oxygens (including phenoxy) is 2. The van der Waals surface area contributed by atoms with Crippen molar-refractivity contribution in [2.24, 2.45) is 23.7 Å². The molecule has 1 heterocycles. The molecule has 1 aliphatic heterocycles. The Morgan fingerprint density at radius 3 is 2.93 bits per heavy atom. The minimum Gasteiger partial charge on any atom is -0.347 e. The molecular weight excluding hydrogens is 176 g/mol. The van der Waals surface area contributed by atoms with Gasteiger partial charge in [-0.1, -0.05) is 12.2 Å². The lowest BCUT2D eigenvalue weighted by Gasteiger charge is -2.38. The Kier molecular flexibility index (Phi) is 1.36. The molecule has 1 spiro atoms. The first-order valence-corrected chi connectivity index (χ1v) is 5.84. The molecule has 0 aromatic rings. The normalized spacial score (nSPS) is 52.0. The predicted molar refractivity (Wildman–Crippen MR) is 51.6 cm³/mol. The van der Waals surface area contributed by atoms with Gasteiger partial charge in [-0.25, -0.2) is 0 Å². The third-order valence-corrected chi connectivity index (χ3v) is 4.77. The highest BCUT2D eigenvalue weighted by atomic mass is 16.7. The zero-order chi connectivity index (χ0) is 9.17. The van der Waals surface area contributed by atoms with Crippen molar-refractivity contribution in [2.75, 3.05) is 13.2 Å². The van der Waals surface area contributed by atoms with Crippen LogP contribution in [0.5, 0.6) is 0 Å². The van der Waals surface area contributed by atoms with Crippen LogP contribution in [0, 0.1) is 23.7 Å². The van der Waals surface area contributed by atoms with E-state index in [0.717, 1.165) is 37.4 Å². The number of fused-ring (bicyclic) bond motifs is 6. The maximum atomic E-state index is 5.89. The van der Waals surface area contributed by atoms with Gasteiger partial charge in [0.25, 0.3) is 0 Å². The summed E-state index contributed by atoms with van der Waals surface area (Å²) in [7, 11) is 0. The molecular formula is C12H16O2. The fraction of sp³-hybridized carbons (Fsp3) is 0.833. The molecule has 4 aliphatic rings. The van der Waals surface area contributed by atoms with Crippen LogP contribution in [-0.4, -0.2) is 19.0 Å². The molecule has 2 bridgehead atoms. The first-order valence-electron chi connectivity index (χ1n) is 5.84. The van der Waals surface area contributed by atoms with Gasteiger partial charge >= 0.3 is 0 Å². The lowest BCUT2D eigenvalue weighted by molar-refractivity contribution is -0.204. The summed E-state index contributed by atoms with van der Waals surface area (Å²) >= 11 is 0. The van der Waals surface area contributed by atoms with E-state index >= 15 is 0 Å². The lowest BCUT2D eigenvalue weighted by atomic mass is 9.78. The Morgan fingerprint density at radius 1 is 1.21 bits per heavy atom. The maximum Gasteiger partial charge on any atom is 0.171 e. The van der Waals surface area contributed by atoms with Gasteiger partial charge in [-0.05, 0) is 30.6 Å². The van der Waals surface area contributed by atoms with E-state index in [9.17, 15) is 0 Å². The highest BCUT2D eigenvalue weighted by molar-refractivity contribution is 5.16. The van der Waals surface area contributed by atoms with Crippen molar-refractivity contribution in [3.63, 3.8) is 0 Å². The molecule has 0 unspecified atom stereocenters. The summed E-state index contributed by atoms with van der Waals surface area (Å²) in [6.45, 7) is 1.63. The highest BCUT2D eigenvalue weighted by Crippen LogP contribution is 2.62. The van der Waals surface area contributed by atoms with Crippen molar-refractivity contribution in [1.29, 1.82) is 0 Å². The summed E-state index contributed by atoms with van der Waals surface area (Å²) in [4.78, 5) is 0. The molecule has 0 aromatic heterocycles. The number of hydrogen-bond acceptors (Lipinski definition) is 2. The third kappa shape index (κ3) is 0.763. The Morgan fingerprint density at radius 2 is 2.07 bits per heavy atom. The minimum atomic E-state index is -0.141. The minimum absolute atomic E-state index is 0.141. The second kappa shape index (κ2) is 2.42. The van der Waals surface area contributed by atoms with Crippen LogP contribution < -0.4 is 0 Å². The summed E-state index contributed by atoms with van der Waals surface area (Å²) in [5.74, 6) is 3.10. The van der Waals surface area contributed by atoms with Gasteiger partial charge < -0.3 is 9.47 Å². The largest absolute Gasteiger partial charge is 0.347 e. The zero-order valence-electron chi connectivity index (χ0n) is 8.32. The van der Waals surface area contributed by atoms with Crippen LogP contribution in [0.1, 0.15) is 19.3 Å². The average Bonchev–Trinajstić information content (AvgIpc) is 2.88. The second-order valence-electron chi connectivity index (χ2n) is 5.22. The van der Waals surface area contributed by atoms with Gasteiger partial charge in [0.1, 0.15) is 0 Å². The molecule has 3 aliphatic carbocycles. The maximum absolute atomic E-state index is 5.89. The molecule has 2 nitrogen and oxygen atoms in total. The van der Waals surface area contributed by atoms with E-state index in [1.807, 2.05) is 0 Å². The summed E-state index contributed by atoms with van der Waals surface area (Å²) in [5.41, 5.74) is 0. The smallest absolute Gasteiger partial charge is 0.171 e. The van der Waals surface area contributed by atoms with Crippen LogP contribution in [0.15, 0.2) is 12.2 Å². The molecule has 0 aromatic carbocycles. The first-order chi connectivity index (χ1) is 6.89. The van der Waals surface area contributed by atoms with Crippen molar-refractivity contribution in [3.05, 3.63) is 12.2 Å². The van der Waals surface area contributed by atoms with Crippen molar-refractivity contribution >= 4 is 0 Å². The SMILES string of the molecule is C1=C[C@@H]2[C@@H]3C[C@H]([C@@H]2C1)C1(C3)OCCO1. The molecule has 4 rings (SSSR count). The van der Waals surface area contributed by atoms with Crippen molar-refractivity contribution in [3.8, 4) is 0 Å². The standard InChI is InChI=1S/C12H16O2/c1-2-9-8-6-11(10(9)3-1)12(7-8)13-4-5-14-12/h1-2,8-11H,3-7H2/t8-,9-,10-,11-/m1/s1. The molecule has 0 N–H and O–H groups in total. The topological polar surface area (TPSA) is 18.5 Å².